The van der Waals surface area contributed by atoms with E-state index in [0.717, 1.165) is 17.1 Å². The van der Waals surface area contributed by atoms with Gasteiger partial charge < -0.3 is 27.4 Å². The third-order valence-corrected chi connectivity index (χ3v) is 25.3. The van der Waals surface area contributed by atoms with Crippen molar-refractivity contribution in [1.29, 1.82) is 0 Å². The first-order chi connectivity index (χ1) is 57.8. The summed E-state index contributed by atoms with van der Waals surface area (Å²) < 4.78 is 14.5. The third kappa shape index (κ3) is 10.2. The predicted molar refractivity (Wildman–Crippen MR) is 493 cm³/mol. The average Bonchev–Trinajstić information content (AvgIpc) is 1.54. The summed E-state index contributed by atoms with van der Waals surface area (Å²) in [5, 5.41) is 15.0. The number of hydrogen-bond acceptors (Lipinski definition) is 0. The molecule has 117 heavy (non-hydrogen) atoms. The van der Waals surface area contributed by atoms with E-state index in [2.05, 4.69) is 454 Å². The molecule has 6 heterocycles. The second-order valence-electron chi connectivity index (χ2n) is 31.9. The van der Waals surface area contributed by atoms with Crippen LogP contribution in [0.4, 0.5) is 0 Å². The van der Waals surface area contributed by atoms with Gasteiger partial charge in [-0.3, -0.25) is 0 Å². The highest BCUT2D eigenvalue weighted by Crippen LogP contribution is 2.51. The summed E-state index contributed by atoms with van der Waals surface area (Å²) in [4.78, 5) is 0. The molecule has 0 atom stereocenters. The van der Waals surface area contributed by atoms with Crippen LogP contribution < -0.4 is 0 Å². The molecule has 0 bridgehead atoms. The number of rotatable bonds is 9. The van der Waals surface area contributed by atoms with Crippen LogP contribution in [0.1, 0.15) is 25.0 Å². The van der Waals surface area contributed by atoms with E-state index in [-0.39, 0.29) is 5.41 Å². The fourth-order valence-electron chi connectivity index (χ4n) is 19.9. The van der Waals surface area contributed by atoms with Crippen LogP contribution in [-0.4, -0.2) is 27.4 Å². The molecule has 6 aromatic heterocycles. The van der Waals surface area contributed by atoms with Gasteiger partial charge in [-0.25, -0.2) is 0 Å². The van der Waals surface area contributed by atoms with E-state index in [1.165, 1.54) is 204 Å². The lowest BCUT2D eigenvalue weighted by atomic mass is 9.82. The SMILES string of the molecule is CC1(C)c2ccccc2-c2ccc(-n3c4ccccc4c4cc(-n5c6ccccc6c6cc(-c7ccc8c(c7)c7ccccc7n8-c7ccccc7)ccc65)ccc43)cc21.c1ccc(-c2ccc(-n3c4ccccc4c4cc(-n5c6ccccc6c6cc(-c7ccc8c(c7)c7ccccc7n8-c7ccccc7)ccc65)ccc43)cc2)cc1. The smallest absolute Gasteiger partial charge is 0.0542 e. The van der Waals surface area contributed by atoms with Gasteiger partial charge in [0.2, 0.25) is 0 Å². The number of nitrogens with zero attached hydrogens (tertiary/aromatic N) is 6. The molecule has 0 saturated heterocycles. The van der Waals surface area contributed by atoms with Crippen molar-refractivity contribution in [2.75, 3.05) is 0 Å². The zero-order valence-electron chi connectivity index (χ0n) is 64.4. The lowest BCUT2D eigenvalue weighted by molar-refractivity contribution is 0.660. The summed E-state index contributed by atoms with van der Waals surface area (Å²) >= 11 is 0. The van der Waals surface area contributed by atoms with Crippen LogP contribution in [0.5, 0.6) is 0 Å². The Morgan fingerprint density at radius 3 is 0.744 bits per heavy atom. The average molecular weight is 1490 g/mol. The Morgan fingerprint density at radius 2 is 0.376 bits per heavy atom. The molecule has 0 fully saturated rings. The Labute approximate surface area is 675 Å². The summed E-state index contributed by atoms with van der Waals surface area (Å²) in [6.07, 6.45) is 0. The molecule has 24 aromatic rings. The maximum absolute atomic E-state index is 2.46. The Hall–Kier alpha value is -15.2. The summed E-state index contributed by atoms with van der Waals surface area (Å²) in [5.74, 6) is 0. The van der Waals surface area contributed by atoms with Gasteiger partial charge in [-0.1, -0.05) is 257 Å². The molecule has 0 saturated carbocycles. The molecule has 25 rings (SSSR count). The molecule has 0 unspecified atom stereocenters. The van der Waals surface area contributed by atoms with Gasteiger partial charge in [-0.05, 0) is 225 Å². The molecule has 6 nitrogen and oxygen atoms in total. The summed E-state index contributed by atoms with van der Waals surface area (Å²) in [6.45, 7) is 4.72. The summed E-state index contributed by atoms with van der Waals surface area (Å²) in [6, 6.07) is 152. The van der Waals surface area contributed by atoms with Gasteiger partial charge in [-0.2, -0.15) is 0 Å². The van der Waals surface area contributed by atoms with E-state index in [9.17, 15) is 0 Å². The number of aromatic nitrogens is 6. The van der Waals surface area contributed by atoms with Gasteiger partial charge in [0.1, 0.15) is 0 Å². The Bertz CT molecular complexity index is 8200. The first kappa shape index (κ1) is 66.4. The largest absolute Gasteiger partial charge is 0.309 e. The predicted octanol–water partition coefficient (Wildman–Crippen LogP) is 29.3. The fourth-order valence-corrected chi connectivity index (χ4v) is 19.9. The maximum Gasteiger partial charge on any atom is 0.0542 e. The second kappa shape index (κ2) is 25.9. The first-order valence-corrected chi connectivity index (χ1v) is 40.5. The van der Waals surface area contributed by atoms with Crippen LogP contribution in [0.25, 0.3) is 209 Å². The lowest BCUT2D eigenvalue weighted by Crippen LogP contribution is -2.15. The molecule has 0 N–H and O–H groups in total. The van der Waals surface area contributed by atoms with Gasteiger partial charge in [0.25, 0.3) is 0 Å². The Morgan fingerprint density at radius 1 is 0.145 bits per heavy atom. The molecule has 0 aliphatic heterocycles. The van der Waals surface area contributed by atoms with Crippen LogP contribution in [-0.2, 0) is 5.41 Å². The Kier molecular flexibility index (Phi) is 14.7. The van der Waals surface area contributed by atoms with E-state index in [0.29, 0.717) is 0 Å². The topological polar surface area (TPSA) is 29.6 Å². The highest BCUT2D eigenvalue weighted by molar-refractivity contribution is 6.17. The zero-order chi connectivity index (χ0) is 77.1. The van der Waals surface area contributed by atoms with Gasteiger partial charge >= 0.3 is 0 Å². The minimum atomic E-state index is -0.0696. The Balaban J connectivity index is 0.000000134. The van der Waals surface area contributed by atoms with Gasteiger partial charge in [0.05, 0.1) is 66.2 Å². The zero-order valence-corrected chi connectivity index (χ0v) is 64.4. The third-order valence-electron chi connectivity index (χ3n) is 25.3. The van der Waals surface area contributed by atoms with Crippen molar-refractivity contribution >= 4 is 131 Å². The van der Waals surface area contributed by atoms with E-state index < -0.39 is 0 Å². The van der Waals surface area contributed by atoms with Crippen LogP contribution in [0.15, 0.2) is 413 Å². The molecule has 6 heteroatoms. The lowest BCUT2D eigenvalue weighted by Gasteiger charge is -2.22. The number of benzene rings is 18. The first-order valence-electron chi connectivity index (χ1n) is 40.5. The monoisotopic (exact) mass is 1490 g/mol. The van der Waals surface area contributed by atoms with E-state index in [4.69, 9.17) is 0 Å². The standard InChI is InChI=1S/C57H39N3.C54H35N3/c1-57(2)49-20-10-6-16-41(49)42-28-26-40(35-50(42)57)60-53-23-13-9-19-45(53)48-34-39(27-31-56(48)60)59-52-22-12-8-18-44(52)47-33-37(25-30-55(47)59)36-24-29-54-46(32-36)43-17-7-11-21-51(43)58(54)38-14-4-3-5-15-38;1-3-13-36(14-4-1)37-23-27-41(28-24-37)56-50-21-11-9-19-45(50)48-35-42(29-32-54(48)56)57-51-22-12-8-18-44(51)47-34-39(26-31-53(47)57)38-25-30-52-46(33-38)43-17-7-10-20-49(43)55(52)40-15-5-2-6-16-40/h3-35H,1-2H3;1-35H. The van der Waals surface area contributed by atoms with E-state index in [1.807, 2.05) is 0 Å². The normalized spacial score (nSPS) is 12.6. The summed E-state index contributed by atoms with van der Waals surface area (Å²) in [5.41, 5.74) is 34.2. The molecule has 0 amide bonds. The van der Waals surface area contributed by atoms with Crippen molar-refractivity contribution in [1.82, 2.24) is 27.4 Å². The van der Waals surface area contributed by atoms with E-state index in [1.54, 1.807) is 0 Å². The van der Waals surface area contributed by atoms with Crippen LogP contribution in [0.3, 0.4) is 0 Å². The van der Waals surface area contributed by atoms with Crippen molar-refractivity contribution in [2.24, 2.45) is 0 Å². The summed E-state index contributed by atoms with van der Waals surface area (Å²) in [7, 11) is 0. The van der Waals surface area contributed by atoms with Crippen LogP contribution in [0, 0.1) is 0 Å². The molecular formula is C111H74N6. The van der Waals surface area contributed by atoms with Crippen molar-refractivity contribution < 1.29 is 0 Å². The minimum absolute atomic E-state index is 0.0696. The molecule has 18 aromatic carbocycles. The molecular weight excluding hydrogens is 1420 g/mol. The highest BCUT2D eigenvalue weighted by Gasteiger charge is 2.36. The van der Waals surface area contributed by atoms with Crippen molar-refractivity contribution in [2.45, 2.75) is 19.3 Å². The molecule has 1 aliphatic carbocycles. The fraction of sp³-hybridized carbons (Fsp3) is 0.0270. The quantitative estimate of drug-likeness (QED) is 0.138. The molecule has 1 aliphatic rings. The highest BCUT2D eigenvalue weighted by atomic mass is 15.0. The van der Waals surface area contributed by atoms with Gasteiger partial charge in [-0.15, -0.1) is 0 Å². The maximum atomic E-state index is 2.46. The van der Waals surface area contributed by atoms with Crippen molar-refractivity contribution in [3.63, 3.8) is 0 Å². The molecule has 548 valence electrons. The van der Waals surface area contributed by atoms with Crippen molar-refractivity contribution in [3.05, 3.63) is 424 Å². The molecule has 0 radical (unpaired) electrons. The second-order valence-corrected chi connectivity index (χ2v) is 31.9. The molecule has 0 spiro atoms. The number of fused-ring (bicyclic) bond motifs is 21. The number of hydrogen-bond donors (Lipinski definition) is 0. The minimum Gasteiger partial charge on any atom is -0.309 e. The van der Waals surface area contributed by atoms with Gasteiger partial charge in [0, 0.05) is 104 Å². The number of para-hydroxylation sites is 8. The van der Waals surface area contributed by atoms with Crippen LogP contribution in [0.2, 0.25) is 0 Å². The van der Waals surface area contributed by atoms with E-state index >= 15 is 0 Å². The van der Waals surface area contributed by atoms with Gasteiger partial charge in [0.15, 0.2) is 0 Å². The van der Waals surface area contributed by atoms with Crippen LogP contribution >= 0.6 is 0 Å². The van der Waals surface area contributed by atoms with Crippen molar-refractivity contribution in [3.8, 4) is 78.6 Å².